The first-order chi connectivity index (χ1) is 9.91. The van der Waals surface area contributed by atoms with Crippen molar-refractivity contribution in [2.24, 2.45) is 0 Å². The number of nitrogens with zero attached hydrogens (tertiary/aromatic N) is 3. The average molecular weight is 291 g/mol. The molecule has 1 heterocycles. The van der Waals surface area contributed by atoms with Crippen molar-refractivity contribution in [2.75, 3.05) is 11.9 Å². The number of anilines is 1. The first kappa shape index (κ1) is 14.9. The second kappa shape index (κ2) is 5.83. The summed E-state index contributed by atoms with van der Waals surface area (Å²) in [5, 5.41) is 8.77. The number of alkyl halides is 3. The topological polar surface area (TPSA) is 39.9 Å². The lowest BCUT2D eigenvalue weighted by Crippen LogP contribution is -2.18. The second-order valence-electron chi connectivity index (χ2n) is 4.56. The fourth-order valence-electron chi connectivity index (χ4n) is 1.96. The zero-order chi connectivity index (χ0) is 15.5. The van der Waals surface area contributed by atoms with Gasteiger partial charge >= 0.3 is 6.18 Å². The van der Waals surface area contributed by atoms with Gasteiger partial charge in [-0.25, -0.2) is 0 Å². The van der Waals surface area contributed by atoms with Crippen molar-refractivity contribution < 1.29 is 13.2 Å². The zero-order valence-electron chi connectivity index (χ0n) is 11.2. The molecule has 0 amide bonds. The fourth-order valence-corrected chi connectivity index (χ4v) is 1.96. The zero-order valence-corrected chi connectivity index (χ0v) is 11.2. The molecule has 6 heteroatoms. The summed E-state index contributed by atoms with van der Waals surface area (Å²) in [6.07, 6.45) is -1.26. The molecule has 21 heavy (non-hydrogen) atoms. The fraction of sp³-hybridized carbons (Fsp3) is 0.200. The first-order valence-electron chi connectivity index (χ1n) is 6.13. The summed E-state index contributed by atoms with van der Waals surface area (Å²) in [6, 6.07) is 8.87. The Morgan fingerprint density at radius 2 is 2.05 bits per heavy atom. The largest absolute Gasteiger partial charge is 0.417 e. The van der Waals surface area contributed by atoms with Crippen LogP contribution < -0.4 is 4.90 Å². The number of hydrogen-bond acceptors (Lipinski definition) is 3. The quantitative estimate of drug-likeness (QED) is 0.867. The van der Waals surface area contributed by atoms with Crippen LogP contribution in [0.1, 0.15) is 16.7 Å². The monoisotopic (exact) mass is 291 g/mol. The number of halogens is 3. The standard InChI is InChI=1S/C15H12F3N3/c1-21(10-11-3-2-6-20-9-11)13-5-4-12(8-19)14(7-13)15(16,17)18/h2-7,9H,10H2,1H3. The third-order valence-corrected chi connectivity index (χ3v) is 3.01. The molecular weight excluding hydrogens is 279 g/mol. The highest BCUT2D eigenvalue weighted by Crippen LogP contribution is 2.34. The van der Waals surface area contributed by atoms with Gasteiger partial charge in [0.15, 0.2) is 0 Å². The van der Waals surface area contributed by atoms with Gasteiger partial charge < -0.3 is 4.90 Å². The lowest BCUT2D eigenvalue weighted by Gasteiger charge is -2.21. The van der Waals surface area contributed by atoms with Gasteiger partial charge in [0.2, 0.25) is 0 Å². The van der Waals surface area contributed by atoms with E-state index in [2.05, 4.69) is 4.98 Å². The van der Waals surface area contributed by atoms with Gasteiger partial charge in [-0.1, -0.05) is 6.07 Å². The third-order valence-electron chi connectivity index (χ3n) is 3.01. The molecule has 2 rings (SSSR count). The molecular formula is C15H12F3N3. The molecule has 0 aliphatic heterocycles. The van der Waals surface area contributed by atoms with E-state index in [4.69, 9.17) is 5.26 Å². The van der Waals surface area contributed by atoms with Crippen LogP contribution in [0.3, 0.4) is 0 Å². The van der Waals surface area contributed by atoms with E-state index >= 15 is 0 Å². The molecule has 0 spiro atoms. The predicted molar refractivity (Wildman–Crippen MR) is 72.5 cm³/mol. The Morgan fingerprint density at radius 3 is 2.62 bits per heavy atom. The summed E-state index contributed by atoms with van der Waals surface area (Å²) in [5.74, 6) is 0. The number of benzene rings is 1. The predicted octanol–water partition coefficient (Wildman–Crippen LogP) is 3.61. The number of hydrogen-bond donors (Lipinski definition) is 0. The second-order valence-corrected chi connectivity index (χ2v) is 4.56. The van der Waals surface area contributed by atoms with Crippen LogP contribution in [0, 0.1) is 11.3 Å². The molecule has 0 aliphatic rings. The molecule has 0 unspecified atom stereocenters. The highest BCUT2D eigenvalue weighted by molar-refractivity contribution is 5.54. The Morgan fingerprint density at radius 1 is 1.29 bits per heavy atom. The summed E-state index contributed by atoms with van der Waals surface area (Å²) < 4.78 is 38.8. The van der Waals surface area contributed by atoms with Crippen LogP contribution in [-0.2, 0) is 12.7 Å². The molecule has 2 aromatic rings. The van der Waals surface area contributed by atoms with E-state index in [-0.39, 0.29) is 5.56 Å². The molecule has 3 nitrogen and oxygen atoms in total. The van der Waals surface area contributed by atoms with Gasteiger partial charge in [0.25, 0.3) is 0 Å². The van der Waals surface area contributed by atoms with Crippen molar-refractivity contribution in [1.82, 2.24) is 4.98 Å². The summed E-state index contributed by atoms with van der Waals surface area (Å²) in [7, 11) is 1.69. The molecule has 0 saturated heterocycles. The minimum absolute atomic E-state index is 0.374. The maximum Gasteiger partial charge on any atom is 0.417 e. The molecule has 0 radical (unpaired) electrons. The van der Waals surface area contributed by atoms with Gasteiger partial charge in [0, 0.05) is 31.7 Å². The van der Waals surface area contributed by atoms with Crippen molar-refractivity contribution in [2.45, 2.75) is 12.7 Å². The number of nitriles is 1. The molecule has 0 aliphatic carbocycles. The summed E-state index contributed by atoms with van der Waals surface area (Å²) in [6.45, 7) is 0.428. The average Bonchev–Trinajstić information content (AvgIpc) is 2.46. The Balaban J connectivity index is 2.30. The number of pyridine rings is 1. The Hall–Kier alpha value is -2.55. The summed E-state index contributed by atoms with van der Waals surface area (Å²) >= 11 is 0. The molecule has 0 atom stereocenters. The molecule has 0 saturated carbocycles. The van der Waals surface area contributed by atoms with Crippen molar-refractivity contribution in [3.8, 4) is 6.07 Å². The molecule has 108 valence electrons. The van der Waals surface area contributed by atoms with Crippen LogP contribution in [0.25, 0.3) is 0 Å². The van der Waals surface area contributed by atoms with Crippen molar-refractivity contribution >= 4 is 5.69 Å². The van der Waals surface area contributed by atoms with E-state index in [0.717, 1.165) is 11.6 Å². The van der Waals surface area contributed by atoms with Crippen molar-refractivity contribution in [1.29, 1.82) is 5.26 Å². The SMILES string of the molecule is CN(Cc1cccnc1)c1ccc(C#N)c(C(F)(F)F)c1. The van der Waals surface area contributed by atoms with Gasteiger partial charge in [-0.15, -0.1) is 0 Å². The lowest BCUT2D eigenvalue weighted by atomic mass is 10.1. The maximum absolute atomic E-state index is 12.9. The molecule has 1 aromatic carbocycles. The van der Waals surface area contributed by atoms with E-state index in [1.54, 1.807) is 36.5 Å². The van der Waals surface area contributed by atoms with E-state index in [1.807, 2.05) is 6.07 Å². The number of rotatable bonds is 3. The van der Waals surface area contributed by atoms with Crippen LogP contribution in [-0.4, -0.2) is 12.0 Å². The molecule has 0 bridgehead atoms. The highest BCUT2D eigenvalue weighted by atomic mass is 19.4. The number of aromatic nitrogens is 1. The van der Waals surface area contributed by atoms with Gasteiger partial charge in [0.05, 0.1) is 17.2 Å². The Kier molecular flexibility index (Phi) is 4.13. The summed E-state index contributed by atoms with van der Waals surface area (Å²) in [5.41, 5.74) is -0.00957. The van der Waals surface area contributed by atoms with Gasteiger partial charge in [-0.05, 0) is 29.8 Å². The first-order valence-corrected chi connectivity index (χ1v) is 6.13. The van der Waals surface area contributed by atoms with E-state index < -0.39 is 11.7 Å². The Labute approximate surface area is 120 Å². The molecule has 0 fully saturated rings. The third kappa shape index (κ3) is 3.51. The lowest BCUT2D eigenvalue weighted by molar-refractivity contribution is -0.137. The van der Waals surface area contributed by atoms with E-state index in [0.29, 0.717) is 12.2 Å². The Bertz CT molecular complexity index is 660. The molecule has 0 N–H and O–H groups in total. The normalized spacial score (nSPS) is 11.0. The highest BCUT2D eigenvalue weighted by Gasteiger charge is 2.34. The van der Waals surface area contributed by atoms with E-state index in [1.165, 1.54) is 12.1 Å². The van der Waals surface area contributed by atoms with Gasteiger partial charge in [-0.2, -0.15) is 18.4 Å². The van der Waals surface area contributed by atoms with Gasteiger partial charge in [-0.3, -0.25) is 4.98 Å². The van der Waals surface area contributed by atoms with Crippen LogP contribution in [0.5, 0.6) is 0 Å². The van der Waals surface area contributed by atoms with Crippen molar-refractivity contribution in [3.63, 3.8) is 0 Å². The minimum Gasteiger partial charge on any atom is -0.370 e. The van der Waals surface area contributed by atoms with Crippen molar-refractivity contribution in [3.05, 3.63) is 59.4 Å². The van der Waals surface area contributed by atoms with Crippen LogP contribution >= 0.6 is 0 Å². The van der Waals surface area contributed by atoms with Crippen LogP contribution in [0.2, 0.25) is 0 Å². The van der Waals surface area contributed by atoms with Gasteiger partial charge in [0.1, 0.15) is 0 Å². The van der Waals surface area contributed by atoms with Crippen LogP contribution in [0.15, 0.2) is 42.7 Å². The molecule has 1 aromatic heterocycles. The van der Waals surface area contributed by atoms with Crippen LogP contribution in [0.4, 0.5) is 18.9 Å². The van der Waals surface area contributed by atoms with E-state index in [9.17, 15) is 13.2 Å². The maximum atomic E-state index is 12.9. The minimum atomic E-state index is -4.55. The smallest absolute Gasteiger partial charge is 0.370 e. The summed E-state index contributed by atoms with van der Waals surface area (Å²) in [4.78, 5) is 5.64.